The quantitative estimate of drug-likeness (QED) is 0.648. The zero-order chi connectivity index (χ0) is 12.3. The first-order valence-corrected chi connectivity index (χ1v) is 5.41. The van der Waals surface area contributed by atoms with E-state index in [9.17, 15) is 4.79 Å². The summed E-state index contributed by atoms with van der Waals surface area (Å²) in [7, 11) is 0. The number of fused-ring (bicyclic) bond motifs is 1. The monoisotopic (exact) mass is 234 g/mol. The third kappa shape index (κ3) is 2.51. The van der Waals surface area contributed by atoms with Crippen LogP contribution in [0.15, 0.2) is 29.3 Å². The summed E-state index contributed by atoms with van der Waals surface area (Å²) >= 11 is 0. The normalized spacial score (nSPS) is 20.4. The minimum Gasteiger partial charge on any atom is -0.394 e. The third-order valence-corrected chi connectivity index (χ3v) is 2.62. The summed E-state index contributed by atoms with van der Waals surface area (Å²) < 4.78 is 0. The van der Waals surface area contributed by atoms with Gasteiger partial charge in [0, 0.05) is 11.9 Å². The van der Waals surface area contributed by atoms with Crippen molar-refractivity contribution in [2.24, 2.45) is 4.99 Å². The standard InChI is InChI=1S/C12H14N2O3/c15-7-8(16)5-13-6-10-9-3-1-2-4-11(9)14-12(10)17/h1-4,6,8,10,15-16H,5,7H2,(H,14,17)/t8-,10+/m0/s1. The topological polar surface area (TPSA) is 81.9 Å². The van der Waals surface area contributed by atoms with Crippen LogP contribution in [0.25, 0.3) is 0 Å². The molecule has 2 rings (SSSR count). The smallest absolute Gasteiger partial charge is 0.237 e. The second-order valence-corrected chi connectivity index (χ2v) is 3.90. The third-order valence-electron chi connectivity index (χ3n) is 2.62. The Morgan fingerprint density at radius 3 is 3.00 bits per heavy atom. The number of nitrogens with one attached hydrogen (secondary N) is 1. The minimum atomic E-state index is -0.869. The number of aliphatic hydroxyl groups excluding tert-OH is 2. The molecule has 1 aromatic rings. The number of aliphatic hydroxyl groups is 2. The second-order valence-electron chi connectivity index (χ2n) is 3.90. The van der Waals surface area contributed by atoms with E-state index in [-0.39, 0.29) is 19.1 Å². The Labute approximate surface area is 98.8 Å². The molecule has 3 N–H and O–H groups in total. The number of carbonyl (C=O) groups is 1. The Kier molecular flexibility index (Phi) is 3.51. The zero-order valence-corrected chi connectivity index (χ0v) is 9.21. The first-order chi connectivity index (χ1) is 8.22. The van der Waals surface area contributed by atoms with Crippen molar-refractivity contribution in [3.63, 3.8) is 0 Å². The summed E-state index contributed by atoms with van der Waals surface area (Å²) in [6.07, 6.45) is 0.644. The highest BCUT2D eigenvalue weighted by Gasteiger charge is 2.28. The van der Waals surface area contributed by atoms with Gasteiger partial charge in [-0.15, -0.1) is 0 Å². The molecule has 0 aliphatic carbocycles. The predicted molar refractivity (Wildman–Crippen MR) is 64.3 cm³/mol. The van der Waals surface area contributed by atoms with Crippen LogP contribution in [0, 0.1) is 0 Å². The molecule has 0 unspecified atom stereocenters. The summed E-state index contributed by atoms with van der Waals surface area (Å²) in [5.74, 6) is -0.523. The van der Waals surface area contributed by atoms with Crippen LogP contribution in [0.4, 0.5) is 5.69 Å². The van der Waals surface area contributed by atoms with E-state index in [1.165, 1.54) is 6.21 Å². The molecule has 1 aromatic carbocycles. The Morgan fingerprint density at radius 2 is 2.24 bits per heavy atom. The highest BCUT2D eigenvalue weighted by molar-refractivity contribution is 6.12. The highest BCUT2D eigenvalue weighted by Crippen LogP contribution is 2.30. The van der Waals surface area contributed by atoms with E-state index in [2.05, 4.69) is 10.3 Å². The summed E-state index contributed by atoms with van der Waals surface area (Å²) in [6.45, 7) is -0.229. The molecule has 0 bridgehead atoms. The van der Waals surface area contributed by atoms with Gasteiger partial charge in [0.1, 0.15) is 5.92 Å². The first kappa shape index (κ1) is 11.8. The van der Waals surface area contributed by atoms with E-state index in [1.54, 1.807) is 0 Å². The van der Waals surface area contributed by atoms with Crippen LogP contribution in [0.5, 0.6) is 0 Å². The summed E-state index contributed by atoms with van der Waals surface area (Å²) in [6, 6.07) is 7.42. The van der Waals surface area contributed by atoms with Crippen molar-refractivity contribution >= 4 is 17.8 Å². The van der Waals surface area contributed by atoms with E-state index < -0.39 is 12.0 Å². The number of hydrogen-bond donors (Lipinski definition) is 3. The van der Waals surface area contributed by atoms with Crippen LogP contribution in [0.2, 0.25) is 0 Å². The lowest BCUT2D eigenvalue weighted by atomic mass is 10.0. The van der Waals surface area contributed by atoms with Crippen LogP contribution in [0.3, 0.4) is 0 Å². The Hall–Kier alpha value is -1.72. The van der Waals surface area contributed by atoms with Crippen molar-refractivity contribution < 1.29 is 15.0 Å². The molecule has 2 atom stereocenters. The van der Waals surface area contributed by atoms with Crippen molar-refractivity contribution in [3.05, 3.63) is 29.8 Å². The van der Waals surface area contributed by atoms with E-state index in [4.69, 9.17) is 10.2 Å². The number of amides is 1. The first-order valence-electron chi connectivity index (χ1n) is 5.41. The van der Waals surface area contributed by atoms with Crippen LogP contribution in [0.1, 0.15) is 11.5 Å². The van der Waals surface area contributed by atoms with Crippen molar-refractivity contribution in [1.82, 2.24) is 0 Å². The number of nitrogens with zero attached hydrogens (tertiary/aromatic N) is 1. The average molecular weight is 234 g/mol. The molecule has 1 amide bonds. The maximum absolute atomic E-state index is 11.7. The number of aliphatic imine (C=N–C) groups is 1. The molecule has 0 saturated heterocycles. The molecular weight excluding hydrogens is 220 g/mol. The number of carbonyl (C=O) groups excluding carboxylic acids is 1. The maximum atomic E-state index is 11.7. The van der Waals surface area contributed by atoms with Crippen molar-refractivity contribution in [1.29, 1.82) is 0 Å². The molecule has 5 heteroatoms. The molecular formula is C12H14N2O3. The minimum absolute atomic E-state index is 0.0996. The number of hydrogen-bond acceptors (Lipinski definition) is 4. The SMILES string of the molecule is O=C1Nc2ccccc2[C@H]1C=NC[C@H](O)CO. The fourth-order valence-corrected chi connectivity index (χ4v) is 1.73. The van der Waals surface area contributed by atoms with Crippen molar-refractivity contribution in [2.75, 3.05) is 18.5 Å². The van der Waals surface area contributed by atoms with Gasteiger partial charge in [0.15, 0.2) is 0 Å². The van der Waals surface area contributed by atoms with Gasteiger partial charge >= 0.3 is 0 Å². The Morgan fingerprint density at radius 1 is 1.47 bits per heavy atom. The predicted octanol–water partition coefficient (Wildman–Crippen LogP) is 0.146. The molecule has 0 saturated carbocycles. The van der Waals surface area contributed by atoms with Gasteiger partial charge in [-0.1, -0.05) is 18.2 Å². The van der Waals surface area contributed by atoms with Gasteiger partial charge in [0.25, 0.3) is 0 Å². The van der Waals surface area contributed by atoms with Gasteiger partial charge in [0.05, 0.1) is 19.3 Å². The van der Waals surface area contributed by atoms with Crippen molar-refractivity contribution in [3.8, 4) is 0 Å². The van der Waals surface area contributed by atoms with Crippen LogP contribution < -0.4 is 5.32 Å². The molecule has 0 spiro atoms. The number of para-hydroxylation sites is 1. The molecule has 17 heavy (non-hydrogen) atoms. The summed E-state index contributed by atoms with van der Waals surface area (Å²) in [5.41, 5.74) is 1.69. The maximum Gasteiger partial charge on any atom is 0.237 e. The van der Waals surface area contributed by atoms with Crippen LogP contribution in [-0.2, 0) is 4.79 Å². The lowest BCUT2D eigenvalue weighted by Crippen LogP contribution is -2.17. The molecule has 0 aromatic heterocycles. The number of rotatable bonds is 4. The molecule has 1 aliphatic rings. The molecule has 1 heterocycles. The van der Waals surface area contributed by atoms with Gasteiger partial charge < -0.3 is 15.5 Å². The van der Waals surface area contributed by atoms with Gasteiger partial charge in [0.2, 0.25) is 5.91 Å². The van der Waals surface area contributed by atoms with Gasteiger partial charge in [-0.3, -0.25) is 9.79 Å². The number of anilines is 1. The fourth-order valence-electron chi connectivity index (χ4n) is 1.73. The highest BCUT2D eigenvalue weighted by atomic mass is 16.3. The molecule has 5 nitrogen and oxygen atoms in total. The molecule has 1 aliphatic heterocycles. The van der Waals surface area contributed by atoms with Crippen LogP contribution >= 0.6 is 0 Å². The lowest BCUT2D eigenvalue weighted by molar-refractivity contribution is -0.115. The van der Waals surface area contributed by atoms with E-state index >= 15 is 0 Å². The summed E-state index contributed by atoms with van der Waals surface area (Å²) in [5, 5.41) is 20.5. The van der Waals surface area contributed by atoms with E-state index in [0.717, 1.165) is 11.3 Å². The summed E-state index contributed by atoms with van der Waals surface area (Å²) in [4.78, 5) is 15.6. The molecule has 90 valence electrons. The van der Waals surface area contributed by atoms with Gasteiger partial charge in [-0.05, 0) is 11.6 Å². The molecule has 0 radical (unpaired) electrons. The lowest BCUT2D eigenvalue weighted by Gasteiger charge is -2.04. The fraction of sp³-hybridized carbons (Fsp3) is 0.333. The second kappa shape index (κ2) is 5.07. The Bertz CT molecular complexity index is 445. The molecule has 0 fully saturated rings. The van der Waals surface area contributed by atoms with Gasteiger partial charge in [-0.25, -0.2) is 0 Å². The zero-order valence-electron chi connectivity index (χ0n) is 9.21. The van der Waals surface area contributed by atoms with Crippen LogP contribution in [-0.4, -0.2) is 41.6 Å². The Balaban J connectivity index is 2.09. The number of benzene rings is 1. The van der Waals surface area contributed by atoms with E-state index in [1.807, 2.05) is 24.3 Å². The van der Waals surface area contributed by atoms with E-state index in [0.29, 0.717) is 0 Å². The van der Waals surface area contributed by atoms with Crippen molar-refractivity contribution in [2.45, 2.75) is 12.0 Å². The average Bonchev–Trinajstić information content (AvgIpc) is 2.66. The van der Waals surface area contributed by atoms with Gasteiger partial charge in [-0.2, -0.15) is 0 Å². The largest absolute Gasteiger partial charge is 0.394 e.